The smallest absolute Gasteiger partial charge is 0.262 e. The lowest BCUT2D eigenvalue weighted by atomic mass is 10.1. The van der Waals surface area contributed by atoms with Gasteiger partial charge in [0.1, 0.15) is 5.84 Å². The first kappa shape index (κ1) is 22.8. The third-order valence-corrected chi connectivity index (χ3v) is 5.27. The van der Waals surface area contributed by atoms with Crippen molar-refractivity contribution < 1.29 is 18.0 Å². The quantitative estimate of drug-likeness (QED) is 0.603. The molecule has 0 bridgehead atoms. The van der Waals surface area contributed by atoms with Crippen LogP contribution in [0.25, 0.3) is 0 Å². The maximum absolute atomic E-state index is 12.5. The second-order valence-corrected chi connectivity index (χ2v) is 9.77. The predicted octanol–water partition coefficient (Wildman–Crippen LogP) is 0.942. The molecule has 0 spiro atoms. The van der Waals surface area contributed by atoms with E-state index in [0.717, 1.165) is 6.42 Å². The number of benzene rings is 1. The van der Waals surface area contributed by atoms with Crippen molar-refractivity contribution in [3.63, 3.8) is 0 Å². The number of amides is 2. The van der Waals surface area contributed by atoms with Crippen molar-refractivity contribution in [3.05, 3.63) is 24.3 Å². The van der Waals surface area contributed by atoms with E-state index in [1.165, 1.54) is 12.1 Å². The fourth-order valence-corrected chi connectivity index (χ4v) is 3.92. The average Bonchev–Trinajstić information content (AvgIpc) is 3.05. The van der Waals surface area contributed by atoms with Gasteiger partial charge in [-0.1, -0.05) is 6.07 Å². The fourth-order valence-electron chi connectivity index (χ4n) is 2.78. The zero-order valence-electron chi connectivity index (χ0n) is 17.3. The van der Waals surface area contributed by atoms with E-state index in [0.29, 0.717) is 24.5 Å². The van der Waals surface area contributed by atoms with Crippen molar-refractivity contribution in [2.45, 2.75) is 44.0 Å². The second kappa shape index (κ2) is 9.36. The number of sulfonamides is 1. The molecule has 2 amide bonds. The van der Waals surface area contributed by atoms with Crippen LogP contribution >= 0.6 is 0 Å². The van der Waals surface area contributed by atoms with E-state index in [1.54, 1.807) is 24.1 Å². The van der Waals surface area contributed by atoms with Crippen molar-refractivity contribution in [3.8, 4) is 0 Å². The normalized spacial score (nSPS) is 14.4. The molecule has 10 heteroatoms. The number of nitrogens with one attached hydrogen (secondary N) is 3. The van der Waals surface area contributed by atoms with Gasteiger partial charge in [0.05, 0.1) is 18.0 Å². The van der Waals surface area contributed by atoms with Crippen LogP contribution in [0.5, 0.6) is 0 Å². The summed E-state index contributed by atoms with van der Waals surface area (Å²) in [6.45, 7) is 6.33. The summed E-state index contributed by atoms with van der Waals surface area (Å²) in [6.07, 6.45) is 1.43. The van der Waals surface area contributed by atoms with Crippen LogP contribution in [0.3, 0.4) is 0 Å². The molecular formula is C19H29N5O4S. The Hall–Kier alpha value is -2.46. The van der Waals surface area contributed by atoms with Gasteiger partial charge in [-0.2, -0.15) is 0 Å². The minimum atomic E-state index is -3.75. The minimum absolute atomic E-state index is 0.0103. The van der Waals surface area contributed by atoms with Gasteiger partial charge in [-0.15, -0.1) is 0 Å². The fraction of sp³-hybridized carbons (Fsp3) is 0.526. The molecule has 0 radical (unpaired) electrons. The topological polar surface area (TPSA) is 120 Å². The standard InChI is InChI=1S/C19H29N5O4S/c1-19(2,3)22-18(26)13-24(4)12-17(25)21-14-7-5-8-15(11-14)29(27,28)23-16-9-6-10-20-16/h5,7-8,11H,6,9-10,12-13H2,1-4H3,(H,20,23)(H,21,25)(H,22,26). The Kier molecular flexibility index (Phi) is 7.37. The number of carbonyl (C=O) groups excluding carboxylic acids is 2. The molecule has 160 valence electrons. The van der Waals surface area contributed by atoms with E-state index in [1.807, 2.05) is 20.8 Å². The van der Waals surface area contributed by atoms with Crippen LogP contribution in [0.4, 0.5) is 5.69 Å². The summed E-state index contributed by atoms with van der Waals surface area (Å²) in [5.74, 6) is -0.0740. The van der Waals surface area contributed by atoms with Crippen LogP contribution in [0.1, 0.15) is 33.6 Å². The minimum Gasteiger partial charge on any atom is -0.350 e. The molecule has 0 fully saturated rings. The van der Waals surface area contributed by atoms with E-state index >= 15 is 0 Å². The summed E-state index contributed by atoms with van der Waals surface area (Å²) in [6, 6.07) is 6.01. The van der Waals surface area contributed by atoms with Gasteiger partial charge in [-0.3, -0.25) is 24.2 Å². The molecular weight excluding hydrogens is 394 g/mol. The number of hydrogen-bond acceptors (Lipinski definition) is 6. The molecule has 0 aliphatic carbocycles. The molecule has 1 aromatic carbocycles. The van der Waals surface area contributed by atoms with Crippen LogP contribution in [0, 0.1) is 0 Å². The molecule has 0 unspecified atom stereocenters. The Balaban J connectivity index is 1.93. The Morgan fingerprint density at radius 1 is 1.17 bits per heavy atom. The van der Waals surface area contributed by atoms with Crippen LogP contribution in [0.15, 0.2) is 34.2 Å². The Morgan fingerprint density at radius 2 is 1.86 bits per heavy atom. The highest BCUT2D eigenvalue weighted by atomic mass is 32.2. The van der Waals surface area contributed by atoms with E-state index in [2.05, 4.69) is 20.3 Å². The first-order valence-corrected chi connectivity index (χ1v) is 10.9. The number of carbonyl (C=O) groups is 2. The lowest BCUT2D eigenvalue weighted by Crippen LogP contribution is -2.46. The number of rotatable bonds is 7. The van der Waals surface area contributed by atoms with Crippen LogP contribution < -0.4 is 15.4 Å². The summed E-state index contributed by atoms with van der Waals surface area (Å²) < 4.78 is 27.4. The summed E-state index contributed by atoms with van der Waals surface area (Å²) in [5, 5.41) is 5.50. The third-order valence-electron chi connectivity index (χ3n) is 3.90. The molecule has 3 N–H and O–H groups in total. The number of anilines is 1. The van der Waals surface area contributed by atoms with Gasteiger partial charge in [0.15, 0.2) is 0 Å². The van der Waals surface area contributed by atoms with Crippen molar-refractivity contribution >= 4 is 33.4 Å². The molecule has 0 atom stereocenters. The molecule has 0 aromatic heterocycles. The van der Waals surface area contributed by atoms with E-state index in [-0.39, 0.29) is 35.3 Å². The highest BCUT2D eigenvalue weighted by Crippen LogP contribution is 2.16. The van der Waals surface area contributed by atoms with Crippen molar-refractivity contribution in [1.29, 1.82) is 0 Å². The molecule has 1 aliphatic heterocycles. The number of nitrogens with zero attached hydrogens (tertiary/aromatic N) is 2. The van der Waals surface area contributed by atoms with Crippen molar-refractivity contribution in [2.24, 2.45) is 4.99 Å². The van der Waals surface area contributed by atoms with E-state index < -0.39 is 10.0 Å². The summed E-state index contributed by atoms with van der Waals surface area (Å²) >= 11 is 0. The SMILES string of the molecule is CN(CC(=O)Nc1cccc(S(=O)(=O)NC2=NCCC2)c1)CC(=O)NC(C)(C)C. The van der Waals surface area contributed by atoms with Gasteiger partial charge >= 0.3 is 0 Å². The van der Waals surface area contributed by atoms with Crippen LogP contribution in [0.2, 0.25) is 0 Å². The summed E-state index contributed by atoms with van der Waals surface area (Å²) in [7, 11) is -2.09. The van der Waals surface area contributed by atoms with Gasteiger partial charge in [-0.25, -0.2) is 8.42 Å². The number of likely N-dealkylation sites (N-methyl/N-ethyl adjacent to an activating group) is 1. The van der Waals surface area contributed by atoms with E-state index in [9.17, 15) is 18.0 Å². The number of hydrogen-bond donors (Lipinski definition) is 3. The van der Waals surface area contributed by atoms with Crippen LogP contribution in [-0.4, -0.2) is 63.2 Å². The van der Waals surface area contributed by atoms with Gasteiger partial charge < -0.3 is 10.6 Å². The summed E-state index contributed by atoms with van der Waals surface area (Å²) in [5.41, 5.74) is 0.0169. The Labute approximate surface area is 172 Å². The van der Waals surface area contributed by atoms with Crippen LogP contribution in [-0.2, 0) is 19.6 Å². The lowest BCUT2D eigenvalue weighted by Gasteiger charge is -2.23. The molecule has 29 heavy (non-hydrogen) atoms. The third kappa shape index (κ3) is 7.82. The summed E-state index contributed by atoms with van der Waals surface area (Å²) in [4.78, 5) is 29.9. The molecule has 1 aliphatic rings. The zero-order chi connectivity index (χ0) is 21.7. The first-order chi connectivity index (χ1) is 13.4. The molecule has 0 saturated carbocycles. The average molecular weight is 424 g/mol. The van der Waals surface area contributed by atoms with Crippen molar-refractivity contribution in [1.82, 2.24) is 14.9 Å². The first-order valence-electron chi connectivity index (χ1n) is 9.40. The highest BCUT2D eigenvalue weighted by Gasteiger charge is 2.19. The molecule has 9 nitrogen and oxygen atoms in total. The molecule has 1 heterocycles. The largest absolute Gasteiger partial charge is 0.350 e. The monoisotopic (exact) mass is 423 g/mol. The maximum atomic E-state index is 12.5. The van der Waals surface area contributed by atoms with E-state index in [4.69, 9.17) is 0 Å². The van der Waals surface area contributed by atoms with Gasteiger partial charge in [0, 0.05) is 24.2 Å². The van der Waals surface area contributed by atoms with Gasteiger partial charge in [0.2, 0.25) is 11.8 Å². The molecule has 1 aromatic rings. The maximum Gasteiger partial charge on any atom is 0.262 e. The molecule has 2 rings (SSSR count). The van der Waals surface area contributed by atoms with Gasteiger partial charge in [0.25, 0.3) is 10.0 Å². The number of aliphatic imine (C=N–C) groups is 1. The Bertz CT molecular complexity index is 890. The second-order valence-electron chi connectivity index (χ2n) is 8.08. The molecule has 0 saturated heterocycles. The highest BCUT2D eigenvalue weighted by molar-refractivity contribution is 7.90. The zero-order valence-corrected chi connectivity index (χ0v) is 18.1. The van der Waals surface area contributed by atoms with Crippen molar-refractivity contribution in [2.75, 3.05) is 32.0 Å². The Morgan fingerprint density at radius 3 is 2.48 bits per heavy atom. The predicted molar refractivity (Wildman–Crippen MR) is 112 cm³/mol. The number of amidine groups is 1. The lowest BCUT2D eigenvalue weighted by molar-refractivity contribution is -0.124. The van der Waals surface area contributed by atoms with Gasteiger partial charge in [-0.05, 0) is 52.4 Å².